The highest BCUT2D eigenvalue weighted by atomic mass is 32.1. The first kappa shape index (κ1) is 42.7. The van der Waals surface area contributed by atoms with Crippen LogP contribution >= 0.6 is 11.3 Å². The lowest BCUT2D eigenvalue weighted by molar-refractivity contribution is 1.15. The van der Waals surface area contributed by atoms with Crippen molar-refractivity contribution in [2.75, 3.05) is 0 Å². The number of aromatic nitrogens is 2. The molecule has 0 unspecified atom stereocenters. The fourth-order valence-corrected chi connectivity index (χ4v) is 17.6. The van der Waals surface area contributed by atoms with Crippen molar-refractivity contribution in [1.82, 2.24) is 9.13 Å². The van der Waals surface area contributed by atoms with Crippen molar-refractivity contribution in [3.8, 4) is 22.5 Å². The van der Waals surface area contributed by atoms with Gasteiger partial charge in [0.05, 0.1) is 16.6 Å². The third-order valence-electron chi connectivity index (χ3n) is 19.6. The lowest BCUT2D eigenvalue weighted by Gasteiger charge is -2.34. The minimum absolute atomic E-state index is 0.0971. The van der Waals surface area contributed by atoms with Crippen molar-refractivity contribution in [3.63, 3.8) is 0 Å². The molecule has 21 rings (SSSR count). The van der Waals surface area contributed by atoms with Crippen LogP contribution in [0.2, 0.25) is 0 Å². The lowest BCUT2D eigenvalue weighted by atomic mass is 9.34. The van der Waals surface area contributed by atoms with Crippen LogP contribution in [0.3, 0.4) is 0 Å². The molecule has 82 heavy (non-hydrogen) atoms. The van der Waals surface area contributed by atoms with Crippen LogP contribution in [0, 0.1) is 0 Å². The van der Waals surface area contributed by atoms with E-state index in [4.69, 9.17) is 0 Å². The number of rotatable bonds is 1. The van der Waals surface area contributed by atoms with Crippen LogP contribution in [-0.2, 0) is 0 Å². The summed E-state index contributed by atoms with van der Waals surface area (Å²) in [6.07, 6.45) is 0. The van der Waals surface area contributed by atoms with Gasteiger partial charge in [-0.2, -0.15) is 0 Å². The molecule has 0 fully saturated rings. The summed E-state index contributed by atoms with van der Waals surface area (Å²) in [5, 5.41) is 31.1. The molecule has 19 aromatic rings. The summed E-state index contributed by atoms with van der Waals surface area (Å²) in [5.74, 6) is 0. The number of fused-ring (bicyclic) bond motifs is 34. The van der Waals surface area contributed by atoms with Crippen LogP contribution in [0.4, 0.5) is 0 Å². The first-order valence-corrected chi connectivity index (χ1v) is 29.5. The number of hydrogen-bond donors (Lipinski definition) is 0. The van der Waals surface area contributed by atoms with Gasteiger partial charge in [-0.15, -0.1) is 11.3 Å². The van der Waals surface area contributed by atoms with E-state index < -0.39 is 0 Å². The summed E-state index contributed by atoms with van der Waals surface area (Å²) >= 11 is 1.90. The Hall–Kier alpha value is -10.3. The average Bonchev–Trinajstić information content (AvgIpc) is 1.59. The SMILES string of the molecule is c1cc2c3c(c1)-n1c4c(cc(-c5ccc6c(c5)sc5ccccc56)cc4c4ccc5c6ccccc6c6ccccc6c5c41)B3c1cc3c4ccccc4c4ccccc4c3c3c4c5c6ccccc6c6ccccc6c5ccc4n-2c13. The van der Waals surface area contributed by atoms with Gasteiger partial charge < -0.3 is 9.13 Å². The third kappa shape index (κ3) is 5.04. The molecule has 4 heteroatoms. The molecule has 0 amide bonds. The molecule has 0 saturated heterocycles. The van der Waals surface area contributed by atoms with E-state index in [0.29, 0.717) is 0 Å². The van der Waals surface area contributed by atoms with E-state index in [1.165, 1.54) is 200 Å². The maximum atomic E-state index is 2.71. The summed E-state index contributed by atoms with van der Waals surface area (Å²) in [6, 6.07) is 95.7. The Morgan fingerprint density at radius 3 is 1.33 bits per heavy atom. The van der Waals surface area contributed by atoms with Crippen molar-refractivity contribution in [3.05, 3.63) is 249 Å². The first-order chi connectivity index (χ1) is 40.7. The van der Waals surface area contributed by atoms with Crippen molar-refractivity contribution in [1.29, 1.82) is 0 Å². The number of nitrogens with zero attached hydrogens (tertiary/aromatic N) is 2. The average molecular weight is 1050 g/mol. The molecule has 0 radical (unpaired) electrons. The zero-order valence-electron chi connectivity index (χ0n) is 44.1. The van der Waals surface area contributed by atoms with Gasteiger partial charge in [-0.05, 0) is 145 Å². The van der Waals surface area contributed by atoms with Gasteiger partial charge in [0.2, 0.25) is 0 Å². The van der Waals surface area contributed by atoms with Gasteiger partial charge in [-0.1, -0.05) is 212 Å². The van der Waals surface area contributed by atoms with Crippen LogP contribution in [0.5, 0.6) is 0 Å². The second kappa shape index (κ2) is 14.9. The molecule has 5 heterocycles. The van der Waals surface area contributed by atoms with Gasteiger partial charge in [0.1, 0.15) is 0 Å². The zero-order valence-corrected chi connectivity index (χ0v) is 44.9. The van der Waals surface area contributed by atoms with Crippen LogP contribution < -0.4 is 16.4 Å². The second-order valence-corrected chi connectivity index (χ2v) is 24.3. The standard InChI is InChI=1S/C78H41BN2S/c1-4-22-50-44(16-1)47-19-7-10-26-55(47)70-58(50)36-37-65-73(70)74-71-56-27-11-8-20-48(56)46-18-3-6-24-52(46)61(71)41-64-78(74)80(65)66-29-15-30-67-75(66)79(64)63-39-43(42-32-33-54-53-25-13-14-31-68(53)82-69(54)40-42)38-62-60-35-34-59-51-23-5-2-17-45(51)49-21-9-12-28-57(49)72(59)77(60)81(67)76(62)63/h1-41H. The molecular weight excluding hydrogens is 1010 g/mol. The Morgan fingerprint density at radius 1 is 0.244 bits per heavy atom. The Bertz CT molecular complexity index is 6200. The Balaban J connectivity index is 1.00. The Labute approximate surface area is 472 Å². The van der Waals surface area contributed by atoms with Crippen molar-refractivity contribution < 1.29 is 0 Å². The normalized spacial score (nSPS) is 13.1. The van der Waals surface area contributed by atoms with Crippen molar-refractivity contribution in [2.24, 2.45) is 0 Å². The van der Waals surface area contributed by atoms with E-state index in [0.717, 1.165) is 0 Å². The summed E-state index contributed by atoms with van der Waals surface area (Å²) in [7, 11) is 0. The highest BCUT2D eigenvalue weighted by Crippen LogP contribution is 2.51. The van der Waals surface area contributed by atoms with Crippen LogP contribution in [0.1, 0.15) is 0 Å². The molecule has 0 bridgehead atoms. The summed E-state index contributed by atoms with van der Waals surface area (Å²) in [4.78, 5) is 0. The van der Waals surface area contributed by atoms with Crippen molar-refractivity contribution in [2.45, 2.75) is 0 Å². The smallest absolute Gasteiger partial charge is 0.252 e. The number of thiophene rings is 1. The maximum Gasteiger partial charge on any atom is 0.252 e. The van der Waals surface area contributed by atoms with Gasteiger partial charge >= 0.3 is 0 Å². The van der Waals surface area contributed by atoms with E-state index in [2.05, 4.69) is 258 Å². The molecule has 2 aliphatic heterocycles. The molecule has 372 valence electrons. The first-order valence-electron chi connectivity index (χ1n) is 28.7. The van der Waals surface area contributed by atoms with E-state index in [-0.39, 0.29) is 6.71 Å². The molecule has 0 aliphatic carbocycles. The number of hydrogen-bond acceptors (Lipinski definition) is 1. The molecule has 2 nitrogen and oxygen atoms in total. The minimum Gasteiger partial charge on any atom is -0.310 e. The summed E-state index contributed by atoms with van der Waals surface area (Å²) in [6.45, 7) is -0.0971. The van der Waals surface area contributed by atoms with Gasteiger partial charge in [-0.3, -0.25) is 0 Å². The monoisotopic (exact) mass is 1050 g/mol. The fraction of sp³-hybridized carbons (Fsp3) is 0. The second-order valence-electron chi connectivity index (χ2n) is 23.2. The predicted molar refractivity (Wildman–Crippen MR) is 356 cm³/mol. The van der Waals surface area contributed by atoms with Crippen LogP contribution in [0.15, 0.2) is 249 Å². The molecule has 2 aliphatic rings. The Kier molecular flexibility index (Phi) is 7.77. The predicted octanol–water partition coefficient (Wildman–Crippen LogP) is 19.4. The van der Waals surface area contributed by atoms with E-state index in [1.54, 1.807) is 0 Å². The van der Waals surface area contributed by atoms with Gasteiger partial charge in [0.25, 0.3) is 6.71 Å². The lowest BCUT2D eigenvalue weighted by Crippen LogP contribution is -2.59. The highest BCUT2D eigenvalue weighted by Gasteiger charge is 2.42. The van der Waals surface area contributed by atoms with E-state index in [9.17, 15) is 0 Å². The fourth-order valence-electron chi connectivity index (χ4n) is 16.5. The number of benzene rings is 16. The largest absolute Gasteiger partial charge is 0.310 e. The van der Waals surface area contributed by atoms with Gasteiger partial charge in [-0.25, -0.2) is 0 Å². The van der Waals surface area contributed by atoms with Crippen molar-refractivity contribution >= 4 is 195 Å². The summed E-state index contributed by atoms with van der Waals surface area (Å²) in [5.41, 5.74) is 14.2. The molecular formula is C78H41BN2S. The van der Waals surface area contributed by atoms with E-state index >= 15 is 0 Å². The Morgan fingerprint density at radius 2 is 0.695 bits per heavy atom. The summed E-state index contributed by atoms with van der Waals surface area (Å²) < 4.78 is 8.06. The maximum absolute atomic E-state index is 2.71. The molecule has 3 aromatic heterocycles. The molecule has 0 spiro atoms. The van der Waals surface area contributed by atoms with Crippen LogP contribution in [-0.4, -0.2) is 15.8 Å². The van der Waals surface area contributed by atoms with Gasteiger partial charge in [0, 0.05) is 74.8 Å². The molecule has 0 saturated carbocycles. The quantitative estimate of drug-likeness (QED) is 0.115. The molecule has 0 atom stereocenters. The van der Waals surface area contributed by atoms with Gasteiger partial charge in [0.15, 0.2) is 0 Å². The third-order valence-corrected chi connectivity index (χ3v) is 20.7. The zero-order chi connectivity index (χ0) is 52.8. The highest BCUT2D eigenvalue weighted by molar-refractivity contribution is 7.25. The molecule has 16 aromatic carbocycles. The topological polar surface area (TPSA) is 9.86 Å². The minimum atomic E-state index is -0.0971. The molecule has 0 N–H and O–H groups in total. The van der Waals surface area contributed by atoms with E-state index in [1.807, 2.05) is 11.3 Å². The van der Waals surface area contributed by atoms with Crippen LogP contribution in [0.25, 0.3) is 183 Å².